The van der Waals surface area contributed by atoms with Crippen LogP contribution in [-0.4, -0.2) is 23.3 Å². The largest absolute Gasteiger partial charge is 0.384 e. The summed E-state index contributed by atoms with van der Waals surface area (Å²) in [7, 11) is 1.66. The van der Waals surface area contributed by atoms with E-state index in [1.54, 1.807) is 13.2 Å². The molecule has 0 spiro atoms. The minimum absolute atomic E-state index is 0.102. The van der Waals surface area contributed by atoms with Crippen molar-refractivity contribution in [1.29, 1.82) is 0 Å². The Balaban J connectivity index is 2.47. The molecule has 0 aliphatic rings. The number of nitrogens with one attached hydrogen (secondary N) is 1. The third-order valence-corrected chi connectivity index (χ3v) is 3.37. The summed E-state index contributed by atoms with van der Waals surface area (Å²) in [6, 6.07) is 2.96. The van der Waals surface area contributed by atoms with E-state index in [9.17, 15) is 4.39 Å². The Bertz CT molecular complexity index is 622. The van der Waals surface area contributed by atoms with Gasteiger partial charge in [-0.2, -0.15) is 0 Å². The molecule has 0 radical (unpaired) electrons. The molecule has 1 unspecified atom stereocenters. The molecular formula is C12H14ClFN2OS. The van der Waals surface area contributed by atoms with Crippen molar-refractivity contribution in [3.05, 3.63) is 27.7 Å². The lowest BCUT2D eigenvalue weighted by Gasteiger charge is -2.11. The fourth-order valence-electron chi connectivity index (χ4n) is 1.98. The van der Waals surface area contributed by atoms with Crippen LogP contribution in [0.15, 0.2) is 12.1 Å². The first-order valence-corrected chi connectivity index (χ1v) is 6.38. The maximum atomic E-state index is 13.4. The van der Waals surface area contributed by atoms with Gasteiger partial charge in [0.1, 0.15) is 5.82 Å². The van der Waals surface area contributed by atoms with E-state index in [1.807, 2.05) is 4.57 Å². The monoisotopic (exact) mass is 288 g/mol. The van der Waals surface area contributed by atoms with Crippen LogP contribution in [0.4, 0.5) is 4.39 Å². The molecule has 3 nitrogen and oxygen atoms in total. The minimum atomic E-state index is -0.447. The highest BCUT2D eigenvalue weighted by Gasteiger charge is 2.11. The van der Waals surface area contributed by atoms with Crippen molar-refractivity contribution >= 4 is 34.9 Å². The Kier molecular flexibility index (Phi) is 4.04. The molecule has 2 aromatic rings. The molecule has 18 heavy (non-hydrogen) atoms. The summed E-state index contributed by atoms with van der Waals surface area (Å²) in [4.78, 5) is 2.98. The Morgan fingerprint density at radius 3 is 2.94 bits per heavy atom. The van der Waals surface area contributed by atoms with Gasteiger partial charge in [0.2, 0.25) is 0 Å². The van der Waals surface area contributed by atoms with Crippen LogP contribution in [0.3, 0.4) is 0 Å². The Labute approximate surface area is 115 Å². The number of nitrogens with zero attached hydrogens (tertiary/aromatic N) is 1. The number of rotatable bonds is 4. The molecule has 98 valence electrons. The topological polar surface area (TPSA) is 29.9 Å². The summed E-state index contributed by atoms with van der Waals surface area (Å²) in [6.07, 6.45) is 0. The number of fused-ring (bicyclic) bond motifs is 1. The Hall–Kier alpha value is -0.910. The first-order valence-electron chi connectivity index (χ1n) is 5.59. The molecule has 0 aliphatic carbocycles. The lowest BCUT2D eigenvalue weighted by atomic mass is 10.2. The van der Waals surface area contributed by atoms with Crippen LogP contribution in [0.25, 0.3) is 11.0 Å². The number of aromatic nitrogens is 2. The molecule has 2 rings (SSSR count). The highest BCUT2D eigenvalue weighted by Crippen LogP contribution is 2.23. The van der Waals surface area contributed by atoms with Gasteiger partial charge in [0.25, 0.3) is 0 Å². The zero-order chi connectivity index (χ0) is 13.3. The molecule has 0 saturated heterocycles. The van der Waals surface area contributed by atoms with Crippen LogP contribution >= 0.6 is 23.8 Å². The zero-order valence-corrected chi connectivity index (χ0v) is 11.7. The van der Waals surface area contributed by atoms with Crippen molar-refractivity contribution in [3.8, 4) is 0 Å². The molecule has 0 aliphatic heterocycles. The average molecular weight is 289 g/mol. The second-order valence-corrected chi connectivity index (χ2v) is 5.18. The van der Waals surface area contributed by atoms with Gasteiger partial charge in [0.15, 0.2) is 4.77 Å². The third kappa shape index (κ3) is 2.58. The first-order chi connectivity index (χ1) is 8.52. The van der Waals surface area contributed by atoms with E-state index < -0.39 is 5.82 Å². The van der Waals surface area contributed by atoms with Gasteiger partial charge in [-0.1, -0.05) is 18.5 Å². The lowest BCUT2D eigenvalue weighted by Crippen LogP contribution is -2.12. The van der Waals surface area contributed by atoms with Gasteiger partial charge in [-0.25, -0.2) is 4.39 Å². The molecule has 0 fully saturated rings. The summed E-state index contributed by atoms with van der Waals surface area (Å²) in [5, 5.41) is 0.102. The predicted octanol–water partition coefficient (Wildman–Crippen LogP) is 3.77. The number of ether oxygens (including phenoxy) is 1. The minimum Gasteiger partial charge on any atom is -0.384 e. The maximum absolute atomic E-state index is 13.4. The van der Waals surface area contributed by atoms with Crippen molar-refractivity contribution in [1.82, 2.24) is 9.55 Å². The van der Waals surface area contributed by atoms with Crippen LogP contribution in [-0.2, 0) is 11.3 Å². The van der Waals surface area contributed by atoms with Gasteiger partial charge in [-0.05, 0) is 24.2 Å². The molecule has 1 heterocycles. The summed E-state index contributed by atoms with van der Waals surface area (Å²) in [5.74, 6) is -0.137. The number of halogens is 2. The second kappa shape index (κ2) is 5.38. The summed E-state index contributed by atoms with van der Waals surface area (Å²) >= 11 is 11.0. The Morgan fingerprint density at radius 2 is 2.28 bits per heavy atom. The zero-order valence-electron chi connectivity index (χ0n) is 10.2. The molecule has 1 aromatic heterocycles. The molecule has 1 N–H and O–H groups in total. The molecule has 0 saturated carbocycles. The van der Waals surface area contributed by atoms with Gasteiger partial charge in [-0.15, -0.1) is 0 Å². The fourth-order valence-corrected chi connectivity index (χ4v) is 2.42. The van der Waals surface area contributed by atoms with Gasteiger partial charge >= 0.3 is 0 Å². The van der Waals surface area contributed by atoms with Crippen molar-refractivity contribution in [3.63, 3.8) is 0 Å². The Morgan fingerprint density at radius 1 is 1.56 bits per heavy atom. The molecular weight excluding hydrogens is 275 g/mol. The van der Waals surface area contributed by atoms with E-state index in [0.717, 1.165) is 5.52 Å². The number of methoxy groups -OCH3 is 1. The molecule has 0 bridgehead atoms. The normalized spacial score (nSPS) is 13.1. The van der Waals surface area contributed by atoms with Gasteiger partial charge in [0.05, 0.1) is 22.7 Å². The fraction of sp³-hybridized carbons (Fsp3) is 0.417. The van der Waals surface area contributed by atoms with E-state index >= 15 is 0 Å². The highest BCUT2D eigenvalue weighted by atomic mass is 35.5. The van der Waals surface area contributed by atoms with E-state index in [2.05, 4.69) is 11.9 Å². The predicted molar refractivity (Wildman–Crippen MR) is 73.1 cm³/mol. The summed E-state index contributed by atoms with van der Waals surface area (Å²) < 4.78 is 20.9. The number of imidazole rings is 1. The maximum Gasteiger partial charge on any atom is 0.178 e. The number of hydrogen-bond donors (Lipinski definition) is 1. The van der Waals surface area contributed by atoms with Crippen LogP contribution in [0.2, 0.25) is 5.02 Å². The summed E-state index contributed by atoms with van der Waals surface area (Å²) in [6.45, 7) is 3.41. The number of aromatic amines is 1. The quantitative estimate of drug-likeness (QED) is 0.868. The summed E-state index contributed by atoms with van der Waals surface area (Å²) in [5.41, 5.74) is 1.47. The standard InChI is InChI=1S/C12H14ClFN2OS/c1-7(6-17-2)5-16-11-3-8(13)9(14)4-10(11)15-12(16)18/h3-4,7H,5-6H2,1-2H3,(H,15,18). The van der Waals surface area contributed by atoms with Crippen LogP contribution in [0.1, 0.15) is 6.92 Å². The SMILES string of the molecule is COCC(C)Cn1c(=S)[nH]c2cc(F)c(Cl)cc21. The number of H-pyrrole nitrogens is 1. The van der Waals surface area contributed by atoms with Crippen molar-refractivity contribution in [2.75, 3.05) is 13.7 Å². The third-order valence-electron chi connectivity index (χ3n) is 2.76. The van der Waals surface area contributed by atoms with Crippen LogP contribution < -0.4 is 0 Å². The van der Waals surface area contributed by atoms with Gasteiger partial charge < -0.3 is 14.3 Å². The second-order valence-electron chi connectivity index (χ2n) is 4.38. The van der Waals surface area contributed by atoms with E-state index in [-0.39, 0.29) is 5.02 Å². The van der Waals surface area contributed by atoms with E-state index in [0.29, 0.717) is 29.4 Å². The van der Waals surface area contributed by atoms with Crippen LogP contribution in [0, 0.1) is 16.5 Å². The van der Waals surface area contributed by atoms with E-state index in [4.69, 9.17) is 28.6 Å². The average Bonchev–Trinajstić information content (AvgIpc) is 2.57. The molecule has 0 amide bonds. The lowest BCUT2D eigenvalue weighted by molar-refractivity contribution is 0.152. The van der Waals surface area contributed by atoms with Crippen molar-refractivity contribution in [2.45, 2.75) is 13.5 Å². The molecule has 1 atom stereocenters. The molecule has 1 aromatic carbocycles. The molecule has 6 heteroatoms. The van der Waals surface area contributed by atoms with E-state index in [1.165, 1.54) is 6.07 Å². The highest BCUT2D eigenvalue weighted by molar-refractivity contribution is 7.71. The van der Waals surface area contributed by atoms with Crippen LogP contribution in [0.5, 0.6) is 0 Å². The van der Waals surface area contributed by atoms with Gasteiger partial charge in [-0.3, -0.25) is 0 Å². The number of benzene rings is 1. The number of hydrogen-bond acceptors (Lipinski definition) is 2. The smallest absolute Gasteiger partial charge is 0.178 e. The van der Waals surface area contributed by atoms with Gasteiger partial charge in [0, 0.05) is 19.7 Å². The van der Waals surface area contributed by atoms with Crippen molar-refractivity contribution < 1.29 is 9.13 Å². The van der Waals surface area contributed by atoms with Crippen molar-refractivity contribution in [2.24, 2.45) is 5.92 Å². The first kappa shape index (κ1) is 13.5.